The van der Waals surface area contributed by atoms with Gasteiger partial charge < -0.3 is 19.9 Å². The lowest BCUT2D eigenvalue weighted by molar-refractivity contribution is -0.275. The molecule has 6 nitrogen and oxygen atoms in total. The van der Waals surface area contributed by atoms with Gasteiger partial charge in [-0.25, -0.2) is 9.18 Å². The van der Waals surface area contributed by atoms with Crippen LogP contribution in [0.2, 0.25) is 0 Å². The Balaban J connectivity index is 3.01. The van der Waals surface area contributed by atoms with Crippen LogP contribution < -0.4 is 10.1 Å². The zero-order valence-corrected chi connectivity index (χ0v) is 13.6. The first-order valence-corrected chi connectivity index (χ1v) is 7.03. The van der Waals surface area contributed by atoms with E-state index in [1.807, 2.05) is 0 Å². The predicted octanol–water partition coefficient (Wildman–Crippen LogP) is 3.76. The largest absolute Gasteiger partial charge is 0.573 e. The fraction of sp³-hybridized carbons (Fsp3) is 0.467. The number of carboxylic acid groups (broad SMARTS) is 1. The molecular weight excluding hydrogens is 350 g/mol. The lowest BCUT2D eigenvalue weighted by atomic mass is 10.0. The summed E-state index contributed by atoms with van der Waals surface area (Å²) in [6.07, 6.45) is -6.65. The summed E-state index contributed by atoms with van der Waals surface area (Å²) < 4.78 is 58.7. The summed E-state index contributed by atoms with van der Waals surface area (Å²) in [6, 6.07) is 1.17. The molecule has 0 aliphatic carbocycles. The van der Waals surface area contributed by atoms with Crippen molar-refractivity contribution >= 4 is 12.1 Å². The van der Waals surface area contributed by atoms with E-state index >= 15 is 0 Å². The van der Waals surface area contributed by atoms with E-state index in [9.17, 15) is 27.2 Å². The molecule has 25 heavy (non-hydrogen) atoms. The first kappa shape index (κ1) is 20.5. The summed E-state index contributed by atoms with van der Waals surface area (Å²) in [5, 5.41) is 11.2. The average Bonchev–Trinajstić information content (AvgIpc) is 2.36. The number of amides is 1. The number of carboxylic acids is 1. The van der Waals surface area contributed by atoms with Crippen molar-refractivity contribution in [2.75, 3.05) is 0 Å². The SMILES string of the molecule is CC(C)(C)OC(=O)NC(CC(=O)O)c1ccc(OC(F)(F)F)c(F)c1. The van der Waals surface area contributed by atoms with Crippen molar-refractivity contribution in [2.45, 2.75) is 45.2 Å². The van der Waals surface area contributed by atoms with E-state index in [2.05, 4.69) is 10.1 Å². The maximum absolute atomic E-state index is 13.8. The van der Waals surface area contributed by atoms with Crippen molar-refractivity contribution in [3.8, 4) is 5.75 Å². The number of alkyl carbamates (subject to hydrolysis) is 1. The van der Waals surface area contributed by atoms with E-state index < -0.39 is 48.1 Å². The van der Waals surface area contributed by atoms with Gasteiger partial charge in [0.25, 0.3) is 0 Å². The topological polar surface area (TPSA) is 84.9 Å². The Hall–Kier alpha value is -2.52. The van der Waals surface area contributed by atoms with Crippen molar-refractivity contribution in [2.24, 2.45) is 0 Å². The van der Waals surface area contributed by atoms with Gasteiger partial charge in [-0.1, -0.05) is 6.07 Å². The fourth-order valence-corrected chi connectivity index (χ4v) is 1.82. The summed E-state index contributed by atoms with van der Waals surface area (Å²) in [5.41, 5.74) is -0.909. The van der Waals surface area contributed by atoms with Crippen LogP contribution in [0.25, 0.3) is 0 Å². The highest BCUT2D eigenvalue weighted by Crippen LogP contribution is 2.28. The molecule has 0 radical (unpaired) electrons. The molecule has 0 aromatic heterocycles. The molecule has 0 spiro atoms. The summed E-state index contributed by atoms with van der Waals surface area (Å²) >= 11 is 0. The molecule has 1 amide bonds. The third-order valence-electron chi connectivity index (χ3n) is 2.65. The average molecular weight is 367 g/mol. The minimum absolute atomic E-state index is 0.0553. The number of alkyl halides is 3. The van der Waals surface area contributed by atoms with E-state index in [4.69, 9.17) is 9.84 Å². The van der Waals surface area contributed by atoms with Gasteiger partial charge in [-0.15, -0.1) is 13.2 Å². The fourth-order valence-electron chi connectivity index (χ4n) is 1.82. The third kappa shape index (κ3) is 7.73. The van der Waals surface area contributed by atoms with Gasteiger partial charge in [0.05, 0.1) is 12.5 Å². The molecule has 0 heterocycles. The summed E-state index contributed by atoms with van der Waals surface area (Å²) in [5.74, 6) is -3.73. The van der Waals surface area contributed by atoms with Crippen LogP contribution in [-0.4, -0.2) is 29.1 Å². The lowest BCUT2D eigenvalue weighted by Crippen LogP contribution is -2.35. The van der Waals surface area contributed by atoms with Crippen molar-refractivity contribution in [3.63, 3.8) is 0 Å². The number of hydrogen-bond acceptors (Lipinski definition) is 4. The number of ether oxygens (including phenoxy) is 2. The molecule has 0 saturated carbocycles. The standard InChI is InChI=1S/C15H17F4NO5/c1-14(2,3)25-13(23)20-10(7-12(21)22)8-4-5-11(9(16)6-8)24-15(17,18)19/h4-6,10H,7H2,1-3H3,(H,20,23)(H,21,22). The van der Waals surface area contributed by atoms with Gasteiger partial charge in [0.1, 0.15) is 5.60 Å². The monoisotopic (exact) mass is 367 g/mol. The van der Waals surface area contributed by atoms with Crippen molar-refractivity contribution in [1.82, 2.24) is 5.32 Å². The Labute approximate surface area is 140 Å². The van der Waals surface area contributed by atoms with Gasteiger partial charge in [-0.3, -0.25) is 4.79 Å². The van der Waals surface area contributed by atoms with Crippen LogP contribution in [0, 0.1) is 5.82 Å². The molecule has 1 rings (SSSR count). The van der Waals surface area contributed by atoms with Crippen molar-refractivity contribution in [1.29, 1.82) is 0 Å². The predicted molar refractivity (Wildman–Crippen MR) is 77.4 cm³/mol. The third-order valence-corrected chi connectivity index (χ3v) is 2.65. The summed E-state index contributed by atoms with van der Waals surface area (Å²) in [7, 11) is 0. The number of carbonyl (C=O) groups is 2. The second-order valence-corrected chi connectivity index (χ2v) is 6.03. The van der Waals surface area contributed by atoms with Crippen LogP contribution in [0.15, 0.2) is 18.2 Å². The number of nitrogens with one attached hydrogen (secondary N) is 1. The highest BCUT2D eigenvalue weighted by atomic mass is 19.4. The molecule has 140 valence electrons. The molecule has 0 fully saturated rings. The molecule has 1 aromatic carbocycles. The maximum Gasteiger partial charge on any atom is 0.573 e. The molecule has 10 heteroatoms. The van der Waals surface area contributed by atoms with E-state index in [0.717, 1.165) is 6.07 Å². The van der Waals surface area contributed by atoms with E-state index in [-0.39, 0.29) is 5.56 Å². The molecule has 0 bridgehead atoms. The minimum Gasteiger partial charge on any atom is -0.481 e. The van der Waals surface area contributed by atoms with Gasteiger partial charge in [0.2, 0.25) is 0 Å². The zero-order valence-electron chi connectivity index (χ0n) is 13.6. The van der Waals surface area contributed by atoms with Crippen LogP contribution in [0.1, 0.15) is 38.8 Å². The Morgan fingerprint density at radius 1 is 1.24 bits per heavy atom. The first-order chi connectivity index (χ1) is 11.3. The molecule has 0 aliphatic rings. The van der Waals surface area contributed by atoms with Gasteiger partial charge in [0.15, 0.2) is 11.6 Å². The Morgan fingerprint density at radius 2 is 1.84 bits per heavy atom. The molecule has 1 aromatic rings. The number of benzene rings is 1. The zero-order chi connectivity index (χ0) is 19.4. The van der Waals surface area contributed by atoms with Crippen molar-refractivity contribution in [3.05, 3.63) is 29.6 Å². The number of hydrogen-bond donors (Lipinski definition) is 2. The van der Waals surface area contributed by atoms with Gasteiger partial charge in [0, 0.05) is 0 Å². The summed E-state index contributed by atoms with van der Waals surface area (Å²) in [6.45, 7) is 4.76. The first-order valence-electron chi connectivity index (χ1n) is 7.03. The van der Waals surface area contributed by atoms with Crippen LogP contribution >= 0.6 is 0 Å². The Morgan fingerprint density at radius 3 is 2.28 bits per heavy atom. The highest BCUT2D eigenvalue weighted by Gasteiger charge is 2.32. The molecule has 1 unspecified atom stereocenters. The van der Waals surface area contributed by atoms with E-state index in [1.54, 1.807) is 20.8 Å². The number of halogens is 4. The quantitative estimate of drug-likeness (QED) is 0.774. The normalized spacial score (nSPS) is 13.1. The number of rotatable bonds is 5. The van der Waals surface area contributed by atoms with E-state index in [1.165, 1.54) is 0 Å². The van der Waals surface area contributed by atoms with Crippen LogP contribution in [-0.2, 0) is 9.53 Å². The number of carbonyl (C=O) groups excluding carboxylic acids is 1. The van der Waals surface area contributed by atoms with Gasteiger partial charge >= 0.3 is 18.4 Å². The van der Waals surface area contributed by atoms with E-state index in [0.29, 0.717) is 12.1 Å². The smallest absolute Gasteiger partial charge is 0.481 e. The Kier molecular flexibility index (Phi) is 6.22. The molecular formula is C15H17F4NO5. The highest BCUT2D eigenvalue weighted by molar-refractivity contribution is 5.72. The molecule has 1 atom stereocenters. The Bertz CT molecular complexity index is 640. The van der Waals surface area contributed by atoms with Gasteiger partial charge in [-0.05, 0) is 38.5 Å². The maximum atomic E-state index is 13.8. The van der Waals surface area contributed by atoms with Crippen LogP contribution in [0.4, 0.5) is 22.4 Å². The molecule has 0 aliphatic heterocycles. The summed E-state index contributed by atoms with van der Waals surface area (Å²) in [4.78, 5) is 22.7. The van der Waals surface area contributed by atoms with Crippen molar-refractivity contribution < 1.29 is 41.7 Å². The molecule has 2 N–H and O–H groups in total. The minimum atomic E-state index is -5.07. The molecule has 0 saturated heterocycles. The second-order valence-electron chi connectivity index (χ2n) is 6.03. The van der Waals surface area contributed by atoms with Crippen LogP contribution in [0.5, 0.6) is 5.75 Å². The number of aliphatic carboxylic acids is 1. The lowest BCUT2D eigenvalue weighted by Gasteiger charge is -2.23. The van der Waals surface area contributed by atoms with Gasteiger partial charge in [-0.2, -0.15) is 0 Å². The second kappa shape index (κ2) is 7.58. The van der Waals surface area contributed by atoms with Crippen LogP contribution in [0.3, 0.4) is 0 Å².